The maximum atomic E-state index is 6.59. The predicted molar refractivity (Wildman–Crippen MR) is 339 cm³/mol. The second-order valence-corrected chi connectivity index (χ2v) is 20.9. The molecule has 0 radical (unpaired) electrons. The van der Waals surface area contributed by atoms with Crippen molar-refractivity contribution >= 4 is 119 Å². The third-order valence-electron chi connectivity index (χ3n) is 16.7. The molecule has 0 unspecified atom stereocenters. The zero-order valence-electron chi connectivity index (χ0n) is 43.1. The van der Waals surface area contributed by atoms with E-state index in [0.717, 1.165) is 21.9 Å². The third-order valence-corrected chi connectivity index (χ3v) is 16.7. The van der Waals surface area contributed by atoms with Crippen LogP contribution in [0.1, 0.15) is 0 Å². The fourth-order valence-electron chi connectivity index (χ4n) is 13.3. The largest absolute Gasteiger partial charge is 0.455 e. The van der Waals surface area contributed by atoms with E-state index in [9.17, 15) is 0 Å². The summed E-state index contributed by atoms with van der Waals surface area (Å²) in [7, 11) is 0. The first kappa shape index (κ1) is 44.9. The van der Waals surface area contributed by atoms with Crippen LogP contribution in [0, 0.1) is 0 Å². The molecule has 0 N–H and O–H groups in total. The lowest BCUT2D eigenvalue weighted by molar-refractivity contribution is 0.673. The molecule has 0 amide bonds. The number of benzene rings is 16. The first-order chi connectivity index (χ1) is 39.2. The zero-order valence-corrected chi connectivity index (χ0v) is 43.1. The number of hydrogen-bond acceptors (Lipinski definition) is 1. The van der Waals surface area contributed by atoms with Crippen molar-refractivity contribution in [2.24, 2.45) is 0 Å². The molecule has 366 valence electrons. The van der Waals surface area contributed by atoms with E-state index in [4.69, 9.17) is 4.42 Å². The van der Waals surface area contributed by atoms with Gasteiger partial charge in [0, 0.05) is 16.2 Å². The summed E-state index contributed by atoms with van der Waals surface area (Å²) in [5, 5.41) is 25.1. The molecule has 0 aliphatic carbocycles. The van der Waals surface area contributed by atoms with Crippen LogP contribution in [0.2, 0.25) is 0 Å². The van der Waals surface area contributed by atoms with Gasteiger partial charge in [-0.05, 0) is 154 Å². The van der Waals surface area contributed by atoms with Gasteiger partial charge in [0.25, 0.3) is 0 Å². The lowest BCUT2D eigenvalue weighted by Gasteiger charge is -2.20. The smallest absolute Gasteiger partial charge is 0.143 e. The minimum Gasteiger partial charge on any atom is -0.455 e. The Morgan fingerprint density at radius 2 is 0.582 bits per heavy atom. The Morgan fingerprint density at radius 1 is 0.190 bits per heavy atom. The van der Waals surface area contributed by atoms with Gasteiger partial charge in [-0.1, -0.05) is 273 Å². The molecule has 0 fully saturated rings. The van der Waals surface area contributed by atoms with Crippen LogP contribution in [-0.4, -0.2) is 0 Å². The number of fused-ring (bicyclic) bond motifs is 15. The molecule has 17 aromatic rings. The van der Waals surface area contributed by atoms with E-state index in [1.54, 1.807) is 0 Å². The predicted octanol–water partition coefficient (Wildman–Crippen LogP) is 22.3. The molecular formula is C78H48O. The summed E-state index contributed by atoms with van der Waals surface area (Å²) in [5.41, 5.74) is 12.0. The summed E-state index contributed by atoms with van der Waals surface area (Å²) in [6.07, 6.45) is 0. The van der Waals surface area contributed by atoms with Gasteiger partial charge in [0.2, 0.25) is 0 Å². The molecule has 0 saturated carbocycles. The molecular weight excluding hydrogens is 953 g/mol. The highest BCUT2D eigenvalue weighted by molar-refractivity contribution is 6.30. The summed E-state index contributed by atoms with van der Waals surface area (Å²) in [6.45, 7) is 0. The monoisotopic (exact) mass is 1000 g/mol. The molecule has 79 heavy (non-hydrogen) atoms. The third kappa shape index (κ3) is 7.03. The summed E-state index contributed by atoms with van der Waals surface area (Å²) in [6, 6.07) is 106. The van der Waals surface area contributed by atoms with Crippen LogP contribution >= 0.6 is 0 Å². The lowest BCUT2D eigenvalue weighted by atomic mass is 9.83. The molecule has 1 heteroatoms. The summed E-state index contributed by atoms with van der Waals surface area (Å²) >= 11 is 0. The van der Waals surface area contributed by atoms with E-state index < -0.39 is 0 Å². The Morgan fingerprint density at radius 3 is 1.19 bits per heavy atom. The minimum atomic E-state index is 0.917. The van der Waals surface area contributed by atoms with E-state index >= 15 is 0 Å². The van der Waals surface area contributed by atoms with E-state index in [1.807, 2.05) is 0 Å². The molecule has 17 rings (SSSR count). The standard InChI is InChI=1S/C40H24O.C38H24/c1-3-14-27-25(11-1)13-9-20-29(27)37-30-16-5-7-18-32(30)38(33-19-8-6-17-31(33)37)34-21-10-22-36-39(34)35-24-23-26-12-2-4-15-28(26)40(35)41-36;1-2-13-26(14-3-1)36-31-18-8-10-20-33(31)38(34-21-11-9-19-32(34)36)35-24-27-23-22-25-12-4-5-15-28(25)37(27)30-17-7-6-16-29(30)35/h1-24H;1-24H. The SMILES string of the molecule is c1ccc(-c2c3ccccc3c(-c3cc4ccc5ccccc5c4c4ccccc34)c3ccccc23)cc1.c1ccc2c(-c3c4ccccc4c(-c4cccc5oc6c7ccccc7ccc6c45)c4ccccc34)cccc2c1. The average Bonchev–Trinajstić information content (AvgIpc) is 4.16. The summed E-state index contributed by atoms with van der Waals surface area (Å²) in [4.78, 5) is 0. The maximum absolute atomic E-state index is 6.59. The summed E-state index contributed by atoms with van der Waals surface area (Å²) in [5.74, 6) is 0. The molecule has 0 spiro atoms. The Kier molecular flexibility index (Phi) is 10.3. The second-order valence-electron chi connectivity index (χ2n) is 20.9. The molecule has 0 bridgehead atoms. The van der Waals surface area contributed by atoms with Crippen LogP contribution in [0.25, 0.3) is 163 Å². The number of furan rings is 1. The fourth-order valence-corrected chi connectivity index (χ4v) is 13.3. The van der Waals surface area contributed by atoms with Gasteiger partial charge in [-0.15, -0.1) is 0 Å². The van der Waals surface area contributed by atoms with Crippen LogP contribution in [0.4, 0.5) is 0 Å². The second kappa shape index (κ2) is 18.2. The van der Waals surface area contributed by atoms with Gasteiger partial charge >= 0.3 is 0 Å². The molecule has 0 saturated heterocycles. The topological polar surface area (TPSA) is 13.1 Å². The van der Waals surface area contributed by atoms with Crippen LogP contribution in [0.5, 0.6) is 0 Å². The molecule has 0 atom stereocenters. The number of rotatable bonds is 4. The van der Waals surface area contributed by atoms with Gasteiger partial charge in [-0.2, -0.15) is 0 Å². The van der Waals surface area contributed by atoms with Crippen molar-refractivity contribution in [1.82, 2.24) is 0 Å². The Hall–Kier alpha value is -10.3. The fraction of sp³-hybridized carbons (Fsp3) is 0. The van der Waals surface area contributed by atoms with E-state index in [2.05, 4.69) is 291 Å². The molecule has 16 aromatic carbocycles. The Balaban J connectivity index is 0.000000132. The maximum Gasteiger partial charge on any atom is 0.143 e. The molecule has 1 nitrogen and oxygen atoms in total. The van der Waals surface area contributed by atoms with Crippen LogP contribution in [0.15, 0.2) is 296 Å². The first-order valence-corrected chi connectivity index (χ1v) is 27.3. The highest BCUT2D eigenvalue weighted by Gasteiger charge is 2.23. The Labute approximate surface area is 456 Å². The quantitative estimate of drug-likeness (QED) is 0.126. The van der Waals surface area contributed by atoms with Gasteiger partial charge in [-0.25, -0.2) is 0 Å². The van der Waals surface area contributed by atoms with E-state index in [0.29, 0.717) is 0 Å². The van der Waals surface area contributed by atoms with Crippen molar-refractivity contribution in [2.75, 3.05) is 0 Å². The van der Waals surface area contributed by atoms with Crippen molar-refractivity contribution in [3.63, 3.8) is 0 Å². The van der Waals surface area contributed by atoms with Gasteiger partial charge in [0.15, 0.2) is 0 Å². The van der Waals surface area contributed by atoms with Gasteiger partial charge < -0.3 is 4.42 Å². The van der Waals surface area contributed by atoms with Crippen molar-refractivity contribution in [1.29, 1.82) is 0 Å². The molecule has 1 heterocycles. The lowest BCUT2D eigenvalue weighted by Crippen LogP contribution is -1.92. The van der Waals surface area contributed by atoms with Gasteiger partial charge in [0.1, 0.15) is 11.2 Å². The van der Waals surface area contributed by atoms with Crippen molar-refractivity contribution in [2.45, 2.75) is 0 Å². The van der Waals surface area contributed by atoms with Crippen LogP contribution < -0.4 is 0 Å². The molecule has 0 aliphatic rings. The summed E-state index contributed by atoms with van der Waals surface area (Å²) < 4.78 is 6.59. The van der Waals surface area contributed by atoms with Crippen molar-refractivity contribution in [3.05, 3.63) is 291 Å². The normalized spacial score (nSPS) is 11.8. The van der Waals surface area contributed by atoms with E-state index in [1.165, 1.54) is 141 Å². The van der Waals surface area contributed by atoms with Crippen LogP contribution in [0.3, 0.4) is 0 Å². The van der Waals surface area contributed by atoms with E-state index in [-0.39, 0.29) is 0 Å². The van der Waals surface area contributed by atoms with Gasteiger partial charge in [-0.3, -0.25) is 0 Å². The zero-order chi connectivity index (χ0) is 52.0. The van der Waals surface area contributed by atoms with Crippen LogP contribution in [-0.2, 0) is 0 Å². The molecule has 1 aromatic heterocycles. The number of hydrogen-bond donors (Lipinski definition) is 0. The first-order valence-electron chi connectivity index (χ1n) is 27.3. The molecule has 0 aliphatic heterocycles. The van der Waals surface area contributed by atoms with Gasteiger partial charge in [0.05, 0.1) is 0 Å². The highest BCUT2D eigenvalue weighted by atomic mass is 16.3. The van der Waals surface area contributed by atoms with Crippen molar-refractivity contribution in [3.8, 4) is 44.5 Å². The minimum absolute atomic E-state index is 0.917. The Bertz CT molecular complexity index is 5190. The highest BCUT2D eigenvalue weighted by Crippen LogP contribution is 2.50. The van der Waals surface area contributed by atoms with Crippen molar-refractivity contribution < 1.29 is 4.42 Å². The average molecular weight is 1000 g/mol.